The number of nitrogens with one attached hydrogen (secondary N) is 1. The summed E-state index contributed by atoms with van der Waals surface area (Å²) in [6.07, 6.45) is -0.561. The highest BCUT2D eigenvalue weighted by Gasteiger charge is 2.11. The number of amides is 1. The van der Waals surface area contributed by atoms with Gasteiger partial charge in [0.15, 0.2) is 0 Å². The molecule has 1 aromatic heterocycles. The Morgan fingerprint density at radius 2 is 1.86 bits per heavy atom. The fraction of sp³-hybridized carbons (Fsp3) is 0.273. The molecule has 2 aromatic carbocycles. The minimum Gasteiger partial charge on any atom is -0.489 e. The predicted octanol–water partition coefficient (Wildman–Crippen LogP) is 3.92. The molecule has 0 spiro atoms. The molecular formula is C22H23ClN2O4. The topological polar surface area (TPSA) is 84.6 Å². The molecule has 0 bridgehead atoms. The molecule has 0 aliphatic rings. The molecule has 3 rings (SSSR count). The molecule has 0 radical (unpaired) electrons. The summed E-state index contributed by atoms with van der Waals surface area (Å²) < 4.78 is 10.9. The summed E-state index contributed by atoms with van der Waals surface area (Å²) in [5, 5.41) is 17.4. The molecule has 2 N–H and O–H groups in total. The first-order chi connectivity index (χ1) is 13.9. The van der Waals surface area contributed by atoms with Crippen molar-refractivity contribution in [2.75, 3.05) is 6.54 Å². The number of aliphatic hydroxyl groups is 1. The van der Waals surface area contributed by atoms with Crippen LogP contribution in [0.5, 0.6) is 5.75 Å². The summed E-state index contributed by atoms with van der Waals surface area (Å²) in [5.41, 5.74) is 3.31. The van der Waals surface area contributed by atoms with Gasteiger partial charge >= 0.3 is 0 Å². The van der Waals surface area contributed by atoms with E-state index in [1.165, 1.54) is 0 Å². The first-order valence-electron chi connectivity index (χ1n) is 9.26. The molecule has 1 unspecified atom stereocenters. The Labute approximate surface area is 174 Å². The van der Waals surface area contributed by atoms with Crippen LogP contribution in [0.4, 0.5) is 0 Å². The Kier molecular flexibility index (Phi) is 6.90. The van der Waals surface area contributed by atoms with E-state index >= 15 is 0 Å². The molecule has 6 nitrogen and oxygen atoms in total. The van der Waals surface area contributed by atoms with Crippen LogP contribution in [0.3, 0.4) is 0 Å². The van der Waals surface area contributed by atoms with E-state index in [0.717, 1.165) is 22.6 Å². The zero-order valence-electron chi connectivity index (χ0n) is 16.3. The summed E-state index contributed by atoms with van der Waals surface area (Å²) >= 11 is 5.84. The van der Waals surface area contributed by atoms with Gasteiger partial charge in [0.2, 0.25) is 5.91 Å². The minimum atomic E-state index is -0.781. The van der Waals surface area contributed by atoms with Gasteiger partial charge in [0, 0.05) is 11.6 Å². The Hall–Kier alpha value is -2.83. The number of carbonyl (C=O) groups excluding carboxylic acids is 1. The highest BCUT2D eigenvalue weighted by Crippen LogP contribution is 2.18. The maximum absolute atomic E-state index is 12.2. The van der Waals surface area contributed by atoms with Crippen LogP contribution >= 0.6 is 11.6 Å². The molecule has 0 saturated carbocycles. The summed E-state index contributed by atoms with van der Waals surface area (Å²) in [5.74, 6) is 1.28. The molecule has 29 heavy (non-hydrogen) atoms. The van der Waals surface area contributed by atoms with Crippen molar-refractivity contribution >= 4 is 17.5 Å². The van der Waals surface area contributed by atoms with Crippen molar-refractivity contribution < 1.29 is 19.2 Å². The molecule has 1 heterocycles. The van der Waals surface area contributed by atoms with Gasteiger partial charge in [-0.05, 0) is 49.2 Å². The van der Waals surface area contributed by atoms with Gasteiger partial charge in [-0.15, -0.1) is 0 Å². The van der Waals surface area contributed by atoms with Gasteiger partial charge in [0.05, 0.1) is 23.8 Å². The molecule has 3 aromatic rings. The smallest absolute Gasteiger partial charge is 0.224 e. The Morgan fingerprint density at radius 3 is 2.48 bits per heavy atom. The van der Waals surface area contributed by atoms with Crippen LogP contribution in [0.15, 0.2) is 53.1 Å². The Balaban J connectivity index is 1.46. The van der Waals surface area contributed by atoms with Gasteiger partial charge in [0.25, 0.3) is 0 Å². The lowest BCUT2D eigenvalue weighted by molar-refractivity contribution is -0.120. The second-order valence-corrected chi connectivity index (χ2v) is 7.22. The summed E-state index contributed by atoms with van der Waals surface area (Å²) in [4.78, 5) is 12.2. The second-order valence-electron chi connectivity index (χ2n) is 6.78. The summed E-state index contributed by atoms with van der Waals surface area (Å²) in [6.45, 7) is 4.24. The fourth-order valence-electron chi connectivity index (χ4n) is 2.83. The van der Waals surface area contributed by atoms with Crippen molar-refractivity contribution in [1.29, 1.82) is 0 Å². The van der Waals surface area contributed by atoms with Crippen LogP contribution in [0.1, 0.15) is 34.2 Å². The van der Waals surface area contributed by atoms with Crippen molar-refractivity contribution in [2.45, 2.75) is 33.0 Å². The van der Waals surface area contributed by atoms with Gasteiger partial charge < -0.3 is 19.7 Å². The summed E-state index contributed by atoms with van der Waals surface area (Å²) in [6, 6.07) is 14.2. The number of rotatable bonds is 8. The van der Waals surface area contributed by atoms with Crippen LogP contribution in [0.25, 0.3) is 0 Å². The molecule has 7 heteroatoms. The second kappa shape index (κ2) is 9.58. The number of aryl methyl sites for hydroxylation is 2. The molecule has 0 aliphatic carbocycles. The third-order valence-electron chi connectivity index (χ3n) is 4.60. The molecule has 152 valence electrons. The van der Waals surface area contributed by atoms with Crippen molar-refractivity contribution in [1.82, 2.24) is 10.5 Å². The number of ether oxygens (including phenoxy) is 1. The molecule has 0 saturated heterocycles. The Bertz CT molecular complexity index is 932. The molecule has 0 fully saturated rings. The fourth-order valence-corrected chi connectivity index (χ4v) is 2.95. The van der Waals surface area contributed by atoms with E-state index in [1.807, 2.05) is 38.1 Å². The maximum Gasteiger partial charge on any atom is 0.224 e. The molecule has 1 amide bonds. The predicted molar refractivity (Wildman–Crippen MR) is 110 cm³/mol. The highest BCUT2D eigenvalue weighted by atomic mass is 35.5. The van der Waals surface area contributed by atoms with Gasteiger partial charge in [-0.1, -0.05) is 41.0 Å². The quantitative estimate of drug-likeness (QED) is 0.583. The normalized spacial score (nSPS) is 11.9. The van der Waals surface area contributed by atoms with E-state index < -0.39 is 6.10 Å². The average Bonchev–Trinajstić information content (AvgIpc) is 3.04. The van der Waals surface area contributed by atoms with Gasteiger partial charge in [0.1, 0.15) is 18.1 Å². The van der Waals surface area contributed by atoms with E-state index in [2.05, 4.69) is 10.5 Å². The number of hydrogen-bond acceptors (Lipinski definition) is 5. The SMILES string of the molecule is Cc1noc(C)c1COc1ccc(CC(=O)NCC(O)c2ccc(Cl)cc2)cc1. The number of carbonyl (C=O) groups is 1. The van der Waals surface area contributed by atoms with E-state index in [4.69, 9.17) is 20.9 Å². The summed E-state index contributed by atoms with van der Waals surface area (Å²) in [7, 11) is 0. The molecular weight excluding hydrogens is 392 g/mol. The first-order valence-corrected chi connectivity index (χ1v) is 9.64. The van der Waals surface area contributed by atoms with Crippen LogP contribution in [0, 0.1) is 13.8 Å². The van der Waals surface area contributed by atoms with Crippen LogP contribution < -0.4 is 10.1 Å². The third kappa shape index (κ3) is 5.82. The molecule has 0 aliphatic heterocycles. The Morgan fingerprint density at radius 1 is 1.17 bits per heavy atom. The van der Waals surface area contributed by atoms with Crippen molar-refractivity contribution in [3.05, 3.63) is 81.7 Å². The third-order valence-corrected chi connectivity index (χ3v) is 4.85. The lowest BCUT2D eigenvalue weighted by Crippen LogP contribution is -2.29. The number of benzene rings is 2. The number of nitrogens with zero attached hydrogens (tertiary/aromatic N) is 1. The van der Waals surface area contributed by atoms with Gasteiger partial charge in [-0.3, -0.25) is 4.79 Å². The highest BCUT2D eigenvalue weighted by molar-refractivity contribution is 6.30. The standard InChI is InChI=1S/C22H23ClN2O4/c1-14-20(15(2)29-25-14)13-28-19-9-3-16(4-10-19)11-22(27)24-12-21(26)17-5-7-18(23)8-6-17/h3-10,21,26H,11-13H2,1-2H3,(H,24,27). The maximum atomic E-state index is 12.2. The minimum absolute atomic E-state index is 0.138. The van der Waals surface area contributed by atoms with Crippen LogP contribution in [-0.2, 0) is 17.8 Å². The van der Waals surface area contributed by atoms with Crippen LogP contribution in [-0.4, -0.2) is 22.7 Å². The van der Waals surface area contributed by atoms with E-state index in [1.54, 1.807) is 24.3 Å². The van der Waals surface area contributed by atoms with Crippen molar-refractivity contribution in [3.63, 3.8) is 0 Å². The number of halogens is 1. The van der Waals surface area contributed by atoms with E-state index in [0.29, 0.717) is 22.9 Å². The van der Waals surface area contributed by atoms with Crippen molar-refractivity contribution in [2.24, 2.45) is 0 Å². The van der Waals surface area contributed by atoms with E-state index in [-0.39, 0.29) is 18.9 Å². The largest absolute Gasteiger partial charge is 0.489 e. The monoisotopic (exact) mass is 414 g/mol. The average molecular weight is 415 g/mol. The zero-order chi connectivity index (χ0) is 20.8. The lowest BCUT2D eigenvalue weighted by atomic mass is 10.1. The first kappa shape index (κ1) is 20.9. The van der Waals surface area contributed by atoms with Crippen molar-refractivity contribution in [3.8, 4) is 5.75 Å². The number of hydrogen-bond donors (Lipinski definition) is 2. The number of aliphatic hydroxyl groups excluding tert-OH is 1. The van der Waals surface area contributed by atoms with Crippen LogP contribution in [0.2, 0.25) is 5.02 Å². The van der Waals surface area contributed by atoms with E-state index in [9.17, 15) is 9.90 Å². The zero-order valence-corrected chi connectivity index (χ0v) is 17.1. The number of aromatic nitrogens is 1. The van der Waals surface area contributed by atoms with Gasteiger partial charge in [-0.2, -0.15) is 0 Å². The molecule has 1 atom stereocenters. The lowest BCUT2D eigenvalue weighted by Gasteiger charge is -2.12. The van der Waals surface area contributed by atoms with Gasteiger partial charge in [-0.25, -0.2) is 0 Å².